The molecule has 1 saturated carbocycles. The van der Waals surface area contributed by atoms with Gasteiger partial charge >= 0.3 is 0 Å². The van der Waals surface area contributed by atoms with Gasteiger partial charge in [0.1, 0.15) is 18.2 Å². The molecule has 0 spiro atoms. The highest BCUT2D eigenvalue weighted by molar-refractivity contribution is 5.25. The fourth-order valence-electron chi connectivity index (χ4n) is 2.29. The van der Waals surface area contributed by atoms with Crippen LogP contribution in [0.1, 0.15) is 42.0 Å². The molecule has 0 amide bonds. The fraction of sp³-hybridized carbons (Fsp3) is 0.308. The zero-order chi connectivity index (χ0) is 13.4. The molecule has 1 atom stereocenters. The van der Waals surface area contributed by atoms with Gasteiger partial charge in [-0.05, 0) is 28.8 Å². The SMILES string of the molecule is c1ccc([C@H](c2n[nH]c(C3CC3)n2)n2cnnn2)cc1. The number of hydrogen-bond donors (Lipinski definition) is 1. The maximum atomic E-state index is 4.62. The van der Waals surface area contributed by atoms with E-state index in [1.807, 2.05) is 30.3 Å². The van der Waals surface area contributed by atoms with Gasteiger partial charge in [-0.3, -0.25) is 5.10 Å². The lowest BCUT2D eigenvalue weighted by Crippen LogP contribution is -2.15. The lowest BCUT2D eigenvalue weighted by molar-refractivity contribution is 0.547. The predicted octanol–water partition coefficient (Wildman–Crippen LogP) is 1.31. The van der Waals surface area contributed by atoms with Crippen LogP contribution >= 0.6 is 0 Å². The first-order chi connectivity index (χ1) is 9.92. The number of hydrogen-bond acceptors (Lipinski definition) is 5. The molecule has 1 aromatic carbocycles. The van der Waals surface area contributed by atoms with E-state index >= 15 is 0 Å². The van der Waals surface area contributed by atoms with Crippen LogP contribution in [0.15, 0.2) is 36.7 Å². The summed E-state index contributed by atoms with van der Waals surface area (Å²) in [6, 6.07) is 9.81. The number of tetrazole rings is 1. The summed E-state index contributed by atoms with van der Waals surface area (Å²) in [5.41, 5.74) is 1.06. The summed E-state index contributed by atoms with van der Waals surface area (Å²) in [5, 5.41) is 18.8. The van der Waals surface area contributed by atoms with Gasteiger partial charge in [0.15, 0.2) is 5.82 Å². The van der Waals surface area contributed by atoms with Crippen molar-refractivity contribution in [3.63, 3.8) is 0 Å². The Balaban J connectivity index is 1.77. The lowest BCUT2D eigenvalue weighted by atomic mass is 10.1. The van der Waals surface area contributed by atoms with Crippen LogP contribution in [0.25, 0.3) is 0 Å². The Bertz CT molecular complexity index is 685. The molecule has 100 valence electrons. The van der Waals surface area contributed by atoms with Crippen molar-refractivity contribution >= 4 is 0 Å². The van der Waals surface area contributed by atoms with Crippen molar-refractivity contribution in [2.24, 2.45) is 0 Å². The molecule has 1 aliphatic carbocycles. The number of aromatic nitrogens is 7. The van der Waals surface area contributed by atoms with Gasteiger partial charge in [-0.25, -0.2) is 9.67 Å². The topological polar surface area (TPSA) is 85.2 Å². The van der Waals surface area contributed by atoms with E-state index in [-0.39, 0.29) is 6.04 Å². The smallest absolute Gasteiger partial charge is 0.179 e. The Hall–Kier alpha value is -2.57. The monoisotopic (exact) mass is 267 g/mol. The molecule has 1 N–H and O–H groups in total. The highest BCUT2D eigenvalue weighted by Crippen LogP contribution is 2.38. The zero-order valence-electron chi connectivity index (χ0n) is 10.7. The standard InChI is InChI=1S/C13H13N7/c1-2-4-9(5-3-1)11(20-8-14-18-19-20)13-15-12(16-17-13)10-6-7-10/h1-5,8,10-11H,6-7H2,(H,15,16,17)/t11-/m1/s1. The van der Waals surface area contributed by atoms with Crippen molar-refractivity contribution in [2.45, 2.75) is 24.8 Å². The van der Waals surface area contributed by atoms with Gasteiger partial charge in [-0.15, -0.1) is 5.10 Å². The van der Waals surface area contributed by atoms with Crippen LogP contribution in [0.2, 0.25) is 0 Å². The van der Waals surface area contributed by atoms with Gasteiger partial charge in [-0.1, -0.05) is 30.3 Å². The van der Waals surface area contributed by atoms with E-state index in [0.717, 1.165) is 11.4 Å². The molecule has 2 aromatic heterocycles. The van der Waals surface area contributed by atoms with Gasteiger partial charge < -0.3 is 0 Å². The second-order valence-electron chi connectivity index (χ2n) is 4.96. The van der Waals surface area contributed by atoms with E-state index in [9.17, 15) is 0 Å². The van der Waals surface area contributed by atoms with Crippen LogP contribution < -0.4 is 0 Å². The molecule has 1 fully saturated rings. The van der Waals surface area contributed by atoms with Crippen LogP contribution in [0.4, 0.5) is 0 Å². The van der Waals surface area contributed by atoms with E-state index in [1.165, 1.54) is 12.8 Å². The number of rotatable bonds is 4. The summed E-state index contributed by atoms with van der Waals surface area (Å²) in [6.45, 7) is 0. The Labute approximate surface area is 115 Å². The summed E-state index contributed by atoms with van der Waals surface area (Å²) >= 11 is 0. The molecule has 0 unspecified atom stereocenters. The maximum absolute atomic E-state index is 4.62. The third-order valence-corrected chi connectivity index (χ3v) is 3.47. The summed E-state index contributed by atoms with van der Waals surface area (Å²) in [4.78, 5) is 4.62. The molecule has 4 rings (SSSR count). The largest absolute Gasteiger partial charge is 0.263 e. The van der Waals surface area contributed by atoms with Crippen molar-refractivity contribution < 1.29 is 0 Å². The van der Waals surface area contributed by atoms with Crippen LogP contribution in [0.5, 0.6) is 0 Å². The van der Waals surface area contributed by atoms with Gasteiger partial charge in [0.25, 0.3) is 0 Å². The van der Waals surface area contributed by atoms with Crippen molar-refractivity contribution in [2.75, 3.05) is 0 Å². The number of nitrogens with zero attached hydrogens (tertiary/aromatic N) is 6. The van der Waals surface area contributed by atoms with Crippen molar-refractivity contribution in [1.82, 2.24) is 35.4 Å². The average molecular weight is 267 g/mol. The van der Waals surface area contributed by atoms with E-state index < -0.39 is 0 Å². The normalized spacial score (nSPS) is 16.2. The molecule has 1 aliphatic rings. The van der Waals surface area contributed by atoms with Crippen molar-refractivity contribution in [3.8, 4) is 0 Å². The molecule has 0 radical (unpaired) electrons. The summed E-state index contributed by atoms with van der Waals surface area (Å²) in [5.74, 6) is 2.21. The molecule has 7 heteroatoms. The van der Waals surface area contributed by atoms with E-state index in [0.29, 0.717) is 11.7 Å². The van der Waals surface area contributed by atoms with Gasteiger partial charge in [0, 0.05) is 5.92 Å². The first-order valence-electron chi connectivity index (χ1n) is 6.61. The molecule has 3 aromatic rings. The number of H-pyrrole nitrogens is 1. The van der Waals surface area contributed by atoms with Crippen molar-refractivity contribution in [3.05, 3.63) is 53.9 Å². The second-order valence-corrected chi connectivity index (χ2v) is 4.96. The Morgan fingerprint density at radius 2 is 2.05 bits per heavy atom. The van der Waals surface area contributed by atoms with Crippen LogP contribution in [-0.2, 0) is 0 Å². The third-order valence-electron chi connectivity index (χ3n) is 3.47. The minimum atomic E-state index is -0.199. The zero-order valence-corrected chi connectivity index (χ0v) is 10.7. The third kappa shape index (κ3) is 1.97. The number of benzene rings is 1. The minimum absolute atomic E-state index is 0.199. The maximum Gasteiger partial charge on any atom is 0.179 e. The van der Waals surface area contributed by atoms with E-state index in [1.54, 1.807) is 11.0 Å². The van der Waals surface area contributed by atoms with Gasteiger partial charge in [0.2, 0.25) is 0 Å². The average Bonchev–Trinajstić information content (AvgIpc) is 3.01. The predicted molar refractivity (Wildman–Crippen MR) is 69.9 cm³/mol. The molecule has 0 bridgehead atoms. The number of nitrogens with one attached hydrogen (secondary N) is 1. The van der Waals surface area contributed by atoms with Gasteiger partial charge in [-0.2, -0.15) is 5.10 Å². The molecule has 2 heterocycles. The van der Waals surface area contributed by atoms with Crippen molar-refractivity contribution in [1.29, 1.82) is 0 Å². The first kappa shape index (κ1) is 11.3. The highest BCUT2D eigenvalue weighted by atomic mass is 15.5. The quantitative estimate of drug-likeness (QED) is 0.770. The van der Waals surface area contributed by atoms with Crippen LogP contribution in [0.3, 0.4) is 0 Å². The summed E-state index contributed by atoms with van der Waals surface area (Å²) in [6.07, 6.45) is 3.97. The van der Waals surface area contributed by atoms with E-state index in [4.69, 9.17) is 0 Å². The minimum Gasteiger partial charge on any atom is -0.263 e. The summed E-state index contributed by atoms with van der Waals surface area (Å²) in [7, 11) is 0. The number of aromatic amines is 1. The lowest BCUT2D eigenvalue weighted by Gasteiger charge is -2.12. The first-order valence-corrected chi connectivity index (χ1v) is 6.61. The summed E-state index contributed by atoms with van der Waals surface area (Å²) < 4.78 is 1.68. The molecule has 20 heavy (non-hydrogen) atoms. The fourth-order valence-corrected chi connectivity index (χ4v) is 2.29. The molecule has 7 nitrogen and oxygen atoms in total. The highest BCUT2D eigenvalue weighted by Gasteiger charge is 2.29. The molecular weight excluding hydrogens is 254 g/mol. The van der Waals surface area contributed by atoms with Crippen LogP contribution in [-0.4, -0.2) is 35.4 Å². The van der Waals surface area contributed by atoms with E-state index in [2.05, 4.69) is 30.7 Å². The van der Waals surface area contributed by atoms with Gasteiger partial charge in [0.05, 0.1) is 0 Å². The molecule has 0 aliphatic heterocycles. The Morgan fingerprint density at radius 1 is 1.20 bits per heavy atom. The van der Waals surface area contributed by atoms with Crippen LogP contribution in [0, 0.1) is 0 Å². The Kier molecular flexibility index (Phi) is 2.55. The Morgan fingerprint density at radius 3 is 2.75 bits per heavy atom. The molecule has 0 saturated heterocycles. The second kappa shape index (κ2) is 4.52. The molecular formula is C13H13N7.